The number of anilines is 1. The molecule has 7 heteroatoms. The minimum absolute atomic E-state index is 0.0520. The molecule has 0 saturated heterocycles. The molecule has 3 aromatic carbocycles. The van der Waals surface area contributed by atoms with E-state index in [1.807, 2.05) is 53.4 Å². The fraction of sp³-hybridized carbons (Fsp3) is 0.273. The first kappa shape index (κ1) is 25.9. The molecule has 1 fully saturated rings. The van der Waals surface area contributed by atoms with Gasteiger partial charge < -0.3 is 19.4 Å². The summed E-state index contributed by atoms with van der Waals surface area (Å²) in [5, 5.41) is 2.81. The third-order valence-electron chi connectivity index (χ3n) is 7.82. The summed E-state index contributed by atoms with van der Waals surface area (Å²) in [6.45, 7) is 0.772. The van der Waals surface area contributed by atoms with Crippen molar-refractivity contribution in [3.05, 3.63) is 119 Å². The van der Waals surface area contributed by atoms with E-state index in [1.165, 1.54) is 12.1 Å². The second kappa shape index (κ2) is 11.4. The minimum atomic E-state index is -0.333. The van der Waals surface area contributed by atoms with Gasteiger partial charge in [-0.1, -0.05) is 49.2 Å². The van der Waals surface area contributed by atoms with E-state index >= 15 is 0 Å². The van der Waals surface area contributed by atoms with Gasteiger partial charge in [-0.05, 0) is 84.5 Å². The molecule has 1 aliphatic carbocycles. The van der Waals surface area contributed by atoms with Crippen LogP contribution in [0.4, 0.5) is 10.1 Å². The van der Waals surface area contributed by atoms with Crippen molar-refractivity contribution in [3.8, 4) is 5.75 Å². The van der Waals surface area contributed by atoms with Crippen molar-refractivity contribution in [3.63, 3.8) is 0 Å². The third kappa shape index (κ3) is 5.50. The Balaban J connectivity index is 1.21. The molecule has 6 nitrogen and oxygen atoms in total. The van der Waals surface area contributed by atoms with Crippen LogP contribution in [-0.2, 0) is 17.8 Å². The Bertz CT molecular complexity index is 1490. The lowest BCUT2D eigenvalue weighted by Crippen LogP contribution is -2.43. The summed E-state index contributed by atoms with van der Waals surface area (Å²) in [7, 11) is 0. The normalized spacial score (nSPS) is 16.9. The Morgan fingerprint density at radius 1 is 0.950 bits per heavy atom. The zero-order valence-electron chi connectivity index (χ0n) is 22.1. The molecule has 4 aromatic rings. The van der Waals surface area contributed by atoms with Crippen molar-refractivity contribution >= 4 is 17.5 Å². The molecule has 1 N–H and O–H groups in total. The average Bonchev–Trinajstić information content (AvgIpc) is 3.69. The number of ether oxygens (including phenoxy) is 1. The van der Waals surface area contributed by atoms with Crippen molar-refractivity contribution in [2.24, 2.45) is 5.92 Å². The molecule has 2 aliphatic rings. The number of furan rings is 1. The molecular formula is C33H31FN2O4. The molecule has 0 radical (unpaired) electrons. The second-order valence-electron chi connectivity index (χ2n) is 10.5. The van der Waals surface area contributed by atoms with Crippen LogP contribution in [-0.4, -0.2) is 23.3 Å². The Kier molecular flexibility index (Phi) is 7.36. The van der Waals surface area contributed by atoms with E-state index in [-0.39, 0.29) is 42.0 Å². The van der Waals surface area contributed by atoms with Crippen molar-refractivity contribution in [2.45, 2.75) is 44.8 Å². The molecule has 1 aromatic heterocycles. The number of carbonyl (C=O) groups is 2. The summed E-state index contributed by atoms with van der Waals surface area (Å²) in [6, 6.07) is 24.6. The van der Waals surface area contributed by atoms with Gasteiger partial charge in [-0.3, -0.25) is 9.59 Å². The molecule has 2 heterocycles. The lowest BCUT2D eigenvalue weighted by atomic mass is 9.87. The van der Waals surface area contributed by atoms with Crippen molar-refractivity contribution in [2.75, 3.05) is 11.9 Å². The van der Waals surface area contributed by atoms with Crippen molar-refractivity contribution < 1.29 is 23.1 Å². The number of fused-ring (bicyclic) bond motifs is 1. The largest absolute Gasteiger partial charge is 0.486 e. The lowest BCUT2D eigenvalue weighted by molar-refractivity contribution is -0.137. The fourth-order valence-corrected chi connectivity index (χ4v) is 5.78. The SMILES string of the molecule is O=C(Nc1ccccc1)c1ccc(COc2ccc3c(c2)C(c2ccc(F)cc2)N(C(=O)C2CCCC2)CC3)o1. The fourth-order valence-electron chi connectivity index (χ4n) is 5.78. The molecule has 0 spiro atoms. The van der Waals surface area contributed by atoms with Crippen LogP contribution in [0.1, 0.15) is 64.7 Å². The quantitative estimate of drug-likeness (QED) is 0.277. The first-order valence-corrected chi connectivity index (χ1v) is 13.8. The zero-order valence-corrected chi connectivity index (χ0v) is 22.1. The van der Waals surface area contributed by atoms with Crippen LogP contribution in [0.25, 0.3) is 0 Å². The second-order valence-corrected chi connectivity index (χ2v) is 10.5. The highest BCUT2D eigenvalue weighted by molar-refractivity contribution is 6.02. The van der Waals surface area contributed by atoms with Crippen molar-refractivity contribution in [1.82, 2.24) is 4.90 Å². The molecule has 1 aliphatic heterocycles. The Morgan fingerprint density at radius 3 is 2.50 bits per heavy atom. The molecule has 40 heavy (non-hydrogen) atoms. The molecule has 1 atom stereocenters. The monoisotopic (exact) mass is 538 g/mol. The highest BCUT2D eigenvalue weighted by Crippen LogP contribution is 2.40. The van der Waals surface area contributed by atoms with Gasteiger partial charge in [0.15, 0.2) is 5.76 Å². The van der Waals surface area contributed by atoms with Gasteiger partial charge in [0.05, 0.1) is 6.04 Å². The Morgan fingerprint density at radius 2 is 1.73 bits per heavy atom. The van der Waals surface area contributed by atoms with Gasteiger partial charge in [0.25, 0.3) is 5.91 Å². The van der Waals surface area contributed by atoms with E-state index in [4.69, 9.17) is 9.15 Å². The number of hydrogen-bond donors (Lipinski definition) is 1. The van der Waals surface area contributed by atoms with Crippen molar-refractivity contribution in [1.29, 1.82) is 0 Å². The summed E-state index contributed by atoms with van der Waals surface area (Å²) in [5.74, 6) is 0.945. The first-order chi connectivity index (χ1) is 19.5. The standard InChI is InChI=1S/C33H31FN2O4/c34-25-13-10-23(11-14-25)31-29-20-27(15-12-22(29)18-19-36(31)33(38)24-6-4-5-7-24)39-21-28-16-17-30(40-28)32(37)35-26-8-2-1-3-9-26/h1-3,8-17,20,24,31H,4-7,18-19,21H2,(H,35,37). The maximum atomic E-state index is 13.8. The van der Waals surface area contributed by atoms with E-state index in [0.29, 0.717) is 23.7 Å². The highest BCUT2D eigenvalue weighted by Gasteiger charge is 2.36. The summed E-state index contributed by atoms with van der Waals surface area (Å²) in [6.07, 6.45) is 4.78. The Labute approximate surface area is 232 Å². The number of halogens is 1. The van der Waals surface area contributed by atoms with Gasteiger partial charge in [-0.15, -0.1) is 0 Å². The topological polar surface area (TPSA) is 71.8 Å². The molecule has 204 valence electrons. The molecule has 0 bridgehead atoms. The van der Waals surface area contributed by atoms with Gasteiger partial charge in [0.2, 0.25) is 5.91 Å². The summed E-state index contributed by atoms with van der Waals surface area (Å²) < 4.78 is 25.6. The maximum Gasteiger partial charge on any atom is 0.291 e. The van der Waals surface area contributed by atoms with E-state index in [0.717, 1.165) is 48.8 Å². The van der Waals surface area contributed by atoms with E-state index in [1.54, 1.807) is 24.3 Å². The predicted molar refractivity (Wildman–Crippen MR) is 149 cm³/mol. The molecular weight excluding hydrogens is 507 g/mol. The number of carbonyl (C=O) groups excluding carboxylic acids is 2. The molecule has 1 unspecified atom stereocenters. The molecule has 2 amide bonds. The van der Waals surface area contributed by atoms with Gasteiger partial charge in [0, 0.05) is 18.2 Å². The van der Waals surface area contributed by atoms with Crippen LogP contribution in [0, 0.1) is 11.7 Å². The number of nitrogens with zero attached hydrogens (tertiary/aromatic N) is 1. The minimum Gasteiger partial charge on any atom is -0.486 e. The third-order valence-corrected chi connectivity index (χ3v) is 7.82. The van der Waals surface area contributed by atoms with Gasteiger partial charge in [-0.25, -0.2) is 4.39 Å². The smallest absolute Gasteiger partial charge is 0.291 e. The molecule has 1 saturated carbocycles. The van der Waals surface area contributed by atoms with E-state index < -0.39 is 0 Å². The lowest BCUT2D eigenvalue weighted by Gasteiger charge is -2.39. The molecule has 6 rings (SSSR count). The highest BCUT2D eigenvalue weighted by atomic mass is 19.1. The Hall–Kier alpha value is -4.39. The van der Waals surface area contributed by atoms with Crippen LogP contribution >= 0.6 is 0 Å². The van der Waals surface area contributed by atoms with Crippen LogP contribution in [0.2, 0.25) is 0 Å². The van der Waals surface area contributed by atoms with Crippen LogP contribution < -0.4 is 10.1 Å². The number of hydrogen-bond acceptors (Lipinski definition) is 4. The van der Waals surface area contributed by atoms with E-state index in [9.17, 15) is 14.0 Å². The van der Waals surface area contributed by atoms with Gasteiger partial charge >= 0.3 is 0 Å². The number of nitrogens with one attached hydrogen (secondary N) is 1. The van der Waals surface area contributed by atoms with Gasteiger partial charge in [0.1, 0.15) is 23.9 Å². The predicted octanol–water partition coefficient (Wildman–Crippen LogP) is 6.91. The zero-order chi connectivity index (χ0) is 27.5. The number of amides is 2. The summed E-state index contributed by atoms with van der Waals surface area (Å²) in [4.78, 5) is 28.1. The number of benzene rings is 3. The van der Waals surface area contributed by atoms with Crippen LogP contribution in [0.3, 0.4) is 0 Å². The summed E-state index contributed by atoms with van der Waals surface area (Å²) >= 11 is 0. The average molecular weight is 539 g/mol. The van der Waals surface area contributed by atoms with Crippen LogP contribution in [0.15, 0.2) is 89.3 Å². The van der Waals surface area contributed by atoms with Crippen LogP contribution in [0.5, 0.6) is 5.75 Å². The number of para-hydroxylation sites is 1. The number of rotatable bonds is 7. The van der Waals surface area contributed by atoms with E-state index in [2.05, 4.69) is 5.32 Å². The first-order valence-electron chi connectivity index (χ1n) is 13.8. The maximum absolute atomic E-state index is 13.8. The summed E-state index contributed by atoms with van der Waals surface area (Å²) in [5.41, 5.74) is 3.71. The van der Waals surface area contributed by atoms with Gasteiger partial charge in [-0.2, -0.15) is 0 Å².